The van der Waals surface area contributed by atoms with Crippen LogP contribution < -0.4 is 10.6 Å². The number of nitrogens with one attached hydrogen (secondary N) is 2. The Morgan fingerprint density at radius 3 is 2.11 bits per heavy atom. The highest BCUT2D eigenvalue weighted by molar-refractivity contribution is 5.82. The van der Waals surface area contributed by atoms with E-state index in [1.54, 1.807) is 13.8 Å². The Kier molecular flexibility index (Phi) is 5.44. The van der Waals surface area contributed by atoms with Crippen LogP contribution in [0.4, 0.5) is 4.79 Å². The van der Waals surface area contributed by atoms with Gasteiger partial charge in [0.05, 0.1) is 0 Å². The lowest BCUT2D eigenvalue weighted by molar-refractivity contribution is -0.140. The highest BCUT2D eigenvalue weighted by Crippen LogP contribution is 2.27. The molecule has 104 valence electrons. The maximum atomic E-state index is 11.7. The molecular formula is C13H24N2O3. The zero-order valence-corrected chi connectivity index (χ0v) is 11.4. The molecule has 2 unspecified atom stereocenters. The van der Waals surface area contributed by atoms with Gasteiger partial charge in [-0.3, -0.25) is 0 Å². The average Bonchev–Trinajstić information content (AvgIpc) is 2.78. The van der Waals surface area contributed by atoms with Crippen molar-refractivity contribution < 1.29 is 14.7 Å². The highest BCUT2D eigenvalue weighted by atomic mass is 16.4. The van der Waals surface area contributed by atoms with Gasteiger partial charge in [-0.05, 0) is 31.6 Å². The molecule has 0 spiro atoms. The van der Waals surface area contributed by atoms with Crippen LogP contribution in [0.5, 0.6) is 0 Å². The molecule has 5 heteroatoms. The molecule has 2 atom stereocenters. The number of amides is 2. The van der Waals surface area contributed by atoms with E-state index in [1.807, 2.05) is 6.92 Å². The van der Waals surface area contributed by atoms with Crippen molar-refractivity contribution in [2.45, 2.75) is 58.5 Å². The predicted molar refractivity (Wildman–Crippen MR) is 69.3 cm³/mol. The van der Waals surface area contributed by atoms with Crippen molar-refractivity contribution >= 4 is 12.0 Å². The van der Waals surface area contributed by atoms with Crippen LogP contribution in [-0.4, -0.2) is 29.2 Å². The first-order chi connectivity index (χ1) is 8.41. The largest absolute Gasteiger partial charge is 0.480 e. The smallest absolute Gasteiger partial charge is 0.326 e. The number of carbonyl (C=O) groups excluding carboxylic acids is 1. The minimum absolute atomic E-state index is 0.106. The summed E-state index contributed by atoms with van der Waals surface area (Å²) in [5.74, 6) is -0.596. The van der Waals surface area contributed by atoms with E-state index >= 15 is 0 Å². The molecule has 0 saturated heterocycles. The van der Waals surface area contributed by atoms with E-state index in [2.05, 4.69) is 10.6 Å². The van der Waals surface area contributed by atoms with Crippen molar-refractivity contribution in [2.75, 3.05) is 0 Å². The Labute approximate surface area is 108 Å². The zero-order chi connectivity index (χ0) is 13.7. The predicted octanol–water partition coefficient (Wildman–Crippen LogP) is 1.97. The van der Waals surface area contributed by atoms with Gasteiger partial charge in [0.2, 0.25) is 0 Å². The summed E-state index contributed by atoms with van der Waals surface area (Å²) in [6, 6.07) is -1.11. The van der Waals surface area contributed by atoms with Gasteiger partial charge in [0.15, 0.2) is 0 Å². The Morgan fingerprint density at radius 1 is 1.11 bits per heavy atom. The Hall–Kier alpha value is -1.26. The van der Waals surface area contributed by atoms with Crippen LogP contribution in [0, 0.1) is 11.8 Å². The maximum Gasteiger partial charge on any atom is 0.326 e. The summed E-state index contributed by atoms with van der Waals surface area (Å²) in [5, 5.41) is 14.4. The third-order valence-electron chi connectivity index (χ3n) is 3.69. The number of hydrogen-bond acceptors (Lipinski definition) is 2. The second-order valence-corrected chi connectivity index (χ2v) is 5.51. The van der Waals surface area contributed by atoms with E-state index in [9.17, 15) is 9.59 Å². The summed E-state index contributed by atoms with van der Waals surface area (Å²) in [7, 11) is 0. The van der Waals surface area contributed by atoms with E-state index < -0.39 is 12.0 Å². The quantitative estimate of drug-likeness (QED) is 0.703. The summed E-state index contributed by atoms with van der Waals surface area (Å²) < 4.78 is 0. The van der Waals surface area contributed by atoms with Gasteiger partial charge in [0.1, 0.15) is 6.04 Å². The van der Waals surface area contributed by atoms with Crippen LogP contribution in [0.2, 0.25) is 0 Å². The third-order valence-corrected chi connectivity index (χ3v) is 3.69. The second kappa shape index (κ2) is 6.61. The van der Waals surface area contributed by atoms with Gasteiger partial charge < -0.3 is 15.7 Å². The van der Waals surface area contributed by atoms with Crippen molar-refractivity contribution in [3.8, 4) is 0 Å². The van der Waals surface area contributed by atoms with Gasteiger partial charge in [-0.15, -0.1) is 0 Å². The second-order valence-electron chi connectivity index (χ2n) is 5.51. The van der Waals surface area contributed by atoms with Crippen molar-refractivity contribution in [3.05, 3.63) is 0 Å². The molecule has 0 aromatic carbocycles. The van der Waals surface area contributed by atoms with Crippen molar-refractivity contribution in [2.24, 2.45) is 11.8 Å². The van der Waals surface area contributed by atoms with Crippen LogP contribution in [0.15, 0.2) is 0 Å². The summed E-state index contributed by atoms with van der Waals surface area (Å²) in [4.78, 5) is 22.7. The normalized spacial score (nSPS) is 19.6. The SMILES string of the molecule is CC(C)C(NC(=O)NC(C)C1CCCC1)C(=O)O. The minimum atomic E-state index is -0.992. The minimum Gasteiger partial charge on any atom is -0.480 e. The fraction of sp³-hybridized carbons (Fsp3) is 0.846. The molecule has 0 aliphatic heterocycles. The lowest BCUT2D eigenvalue weighted by Crippen LogP contribution is -2.51. The molecule has 2 amide bonds. The van der Waals surface area contributed by atoms with E-state index in [1.165, 1.54) is 12.8 Å². The summed E-state index contributed by atoms with van der Waals surface area (Å²) in [6.45, 7) is 5.54. The molecule has 0 bridgehead atoms. The van der Waals surface area contributed by atoms with Crippen molar-refractivity contribution in [1.29, 1.82) is 0 Å². The first kappa shape index (κ1) is 14.8. The molecule has 0 aromatic rings. The Balaban J connectivity index is 2.42. The summed E-state index contributed by atoms with van der Waals surface area (Å²) in [5.41, 5.74) is 0. The summed E-state index contributed by atoms with van der Waals surface area (Å²) >= 11 is 0. The van der Waals surface area contributed by atoms with Crippen LogP contribution in [-0.2, 0) is 4.79 Å². The fourth-order valence-electron chi connectivity index (χ4n) is 2.48. The van der Waals surface area contributed by atoms with E-state index in [0.717, 1.165) is 12.8 Å². The molecule has 1 fully saturated rings. The van der Waals surface area contributed by atoms with Gasteiger partial charge in [0.25, 0.3) is 0 Å². The fourth-order valence-corrected chi connectivity index (χ4v) is 2.48. The van der Waals surface area contributed by atoms with Gasteiger partial charge in [-0.25, -0.2) is 9.59 Å². The standard InChI is InChI=1S/C13H24N2O3/c1-8(2)11(12(16)17)15-13(18)14-9(3)10-6-4-5-7-10/h8-11H,4-7H2,1-3H3,(H,16,17)(H2,14,15,18). The topological polar surface area (TPSA) is 78.4 Å². The van der Waals surface area contributed by atoms with Gasteiger partial charge in [0, 0.05) is 6.04 Å². The molecular weight excluding hydrogens is 232 g/mol. The van der Waals surface area contributed by atoms with Crippen LogP contribution >= 0.6 is 0 Å². The van der Waals surface area contributed by atoms with Gasteiger partial charge in [-0.2, -0.15) is 0 Å². The summed E-state index contributed by atoms with van der Waals surface area (Å²) in [6.07, 6.45) is 4.74. The molecule has 0 aromatic heterocycles. The molecule has 18 heavy (non-hydrogen) atoms. The first-order valence-electron chi connectivity index (χ1n) is 6.71. The monoisotopic (exact) mass is 256 g/mol. The molecule has 0 heterocycles. The lowest BCUT2D eigenvalue weighted by Gasteiger charge is -2.23. The maximum absolute atomic E-state index is 11.7. The molecule has 0 radical (unpaired) electrons. The van der Waals surface area contributed by atoms with Crippen molar-refractivity contribution in [1.82, 2.24) is 10.6 Å². The number of hydrogen-bond donors (Lipinski definition) is 3. The van der Waals surface area contributed by atoms with E-state index in [0.29, 0.717) is 5.92 Å². The van der Waals surface area contributed by atoms with Crippen LogP contribution in [0.3, 0.4) is 0 Å². The van der Waals surface area contributed by atoms with E-state index in [4.69, 9.17) is 5.11 Å². The molecule has 1 rings (SSSR count). The number of carboxylic acid groups (broad SMARTS) is 1. The molecule has 1 aliphatic carbocycles. The molecule has 1 aliphatic rings. The zero-order valence-electron chi connectivity index (χ0n) is 11.4. The Bertz CT molecular complexity index is 299. The molecule has 3 N–H and O–H groups in total. The van der Waals surface area contributed by atoms with Gasteiger partial charge in [-0.1, -0.05) is 26.7 Å². The number of aliphatic carboxylic acids is 1. The van der Waals surface area contributed by atoms with Crippen LogP contribution in [0.25, 0.3) is 0 Å². The Morgan fingerprint density at radius 2 is 1.67 bits per heavy atom. The molecule has 1 saturated carbocycles. The lowest BCUT2D eigenvalue weighted by atomic mass is 10.00. The third kappa shape index (κ3) is 4.20. The first-order valence-corrected chi connectivity index (χ1v) is 6.71. The number of urea groups is 1. The molecule has 5 nitrogen and oxygen atoms in total. The average molecular weight is 256 g/mol. The highest BCUT2D eigenvalue weighted by Gasteiger charge is 2.26. The number of carbonyl (C=O) groups is 2. The van der Waals surface area contributed by atoms with Crippen LogP contribution in [0.1, 0.15) is 46.5 Å². The number of rotatable bonds is 5. The van der Waals surface area contributed by atoms with Crippen molar-refractivity contribution in [3.63, 3.8) is 0 Å². The van der Waals surface area contributed by atoms with Gasteiger partial charge >= 0.3 is 12.0 Å². The van der Waals surface area contributed by atoms with E-state index in [-0.39, 0.29) is 18.0 Å². The number of carboxylic acids is 1.